The van der Waals surface area contributed by atoms with Gasteiger partial charge < -0.3 is 10.1 Å². The van der Waals surface area contributed by atoms with E-state index in [1.807, 2.05) is 6.07 Å². The number of H-pyrrole nitrogens is 1. The van der Waals surface area contributed by atoms with E-state index in [-0.39, 0.29) is 0 Å². The van der Waals surface area contributed by atoms with Gasteiger partial charge in [-0.2, -0.15) is 0 Å². The number of benzene rings is 1. The average molecular weight is 310 g/mol. The Balaban J connectivity index is 1.78. The summed E-state index contributed by atoms with van der Waals surface area (Å²) in [5.41, 5.74) is 5.05. The number of nitrogens with zero attached hydrogens (tertiary/aromatic N) is 1. The van der Waals surface area contributed by atoms with Gasteiger partial charge >= 0.3 is 0 Å². The van der Waals surface area contributed by atoms with E-state index < -0.39 is 0 Å². The van der Waals surface area contributed by atoms with E-state index in [1.54, 1.807) is 6.07 Å². The van der Waals surface area contributed by atoms with Gasteiger partial charge in [-0.15, -0.1) is 0 Å². The largest absolute Gasteiger partial charge is 0.507 e. The van der Waals surface area contributed by atoms with Gasteiger partial charge in [0, 0.05) is 29.7 Å². The van der Waals surface area contributed by atoms with Crippen LogP contribution in [-0.2, 0) is 6.42 Å². The number of allylic oxidation sites excluding steroid dienone is 1. The summed E-state index contributed by atoms with van der Waals surface area (Å²) in [5, 5.41) is 11.3. The summed E-state index contributed by atoms with van der Waals surface area (Å²) in [6.07, 6.45) is 3.40. The highest BCUT2D eigenvalue weighted by Gasteiger charge is 2.39. The average Bonchev–Trinajstić information content (AvgIpc) is 2.93. The van der Waals surface area contributed by atoms with Crippen molar-refractivity contribution in [1.29, 1.82) is 0 Å². The first-order valence-corrected chi connectivity index (χ1v) is 8.82. The van der Waals surface area contributed by atoms with Crippen molar-refractivity contribution in [2.24, 2.45) is 11.8 Å². The molecule has 1 aromatic heterocycles. The first-order chi connectivity index (χ1) is 11.1. The second-order valence-electron chi connectivity index (χ2n) is 7.33. The molecule has 0 spiro atoms. The minimum Gasteiger partial charge on any atom is -0.507 e. The quantitative estimate of drug-likeness (QED) is 0.807. The van der Waals surface area contributed by atoms with E-state index in [0.717, 1.165) is 36.2 Å². The molecule has 0 aliphatic carbocycles. The van der Waals surface area contributed by atoms with Crippen molar-refractivity contribution in [3.63, 3.8) is 0 Å². The number of hydrogen-bond donors (Lipinski definition) is 2. The molecule has 0 amide bonds. The highest BCUT2D eigenvalue weighted by molar-refractivity contribution is 5.90. The highest BCUT2D eigenvalue weighted by atomic mass is 16.3. The van der Waals surface area contributed by atoms with Gasteiger partial charge in [-0.05, 0) is 49.3 Å². The first kappa shape index (κ1) is 14.8. The van der Waals surface area contributed by atoms with Gasteiger partial charge in [-0.3, -0.25) is 4.90 Å². The van der Waals surface area contributed by atoms with E-state index >= 15 is 0 Å². The Hall–Kier alpha value is -1.74. The lowest BCUT2D eigenvalue weighted by Gasteiger charge is -2.46. The molecule has 0 unspecified atom stereocenters. The highest BCUT2D eigenvalue weighted by Crippen LogP contribution is 2.46. The molecule has 122 valence electrons. The van der Waals surface area contributed by atoms with Crippen molar-refractivity contribution in [2.45, 2.75) is 39.2 Å². The van der Waals surface area contributed by atoms with Crippen molar-refractivity contribution in [3.8, 4) is 5.75 Å². The van der Waals surface area contributed by atoms with Crippen LogP contribution in [0.3, 0.4) is 0 Å². The number of aromatic nitrogens is 1. The van der Waals surface area contributed by atoms with Crippen LogP contribution in [0.1, 0.15) is 44.0 Å². The van der Waals surface area contributed by atoms with Crippen LogP contribution in [0.4, 0.5) is 0 Å². The molecular formula is C20H26N2O. The Morgan fingerprint density at radius 1 is 1.43 bits per heavy atom. The molecule has 0 radical (unpaired) electrons. The van der Waals surface area contributed by atoms with Gasteiger partial charge in [0.15, 0.2) is 0 Å². The number of piperidine rings is 1. The number of fused-ring (bicyclic) bond motifs is 5. The molecule has 3 atom stereocenters. The number of phenolic OH excluding ortho intramolecular Hbond substituents is 1. The van der Waals surface area contributed by atoms with Crippen LogP contribution in [0.5, 0.6) is 5.75 Å². The molecule has 3 nitrogen and oxygen atoms in total. The lowest BCUT2D eigenvalue weighted by atomic mass is 9.74. The Bertz CT molecular complexity index is 760. The molecule has 0 saturated carbocycles. The molecule has 1 aromatic carbocycles. The van der Waals surface area contributed by atoms with Crippen LogP contribution in [-0.4, -0.2) is 28.1 Å². The van der Waals surface area contributed by atoms with E-state index in [4.69, 9.17) is 0 Å². The van der Waals surface area contributed by atoms with Crippen LogP contribution < -0.4 is 0 Å². The minimum absolute atomic E-state index is 0.409. The maximum Gasteiger partial charge on any atom is 0.125 e. The molecule has 3 heteroatoms. The summed E-state index contributed by atoms with van der Waals surface area (Å²) >= 11 is 0. The molecule has 2 aliphatic rings. The fourth-order valence-electron chi connectivity index (χ4n) is 4.82. The first-order valence-electron chi connectivity index (χ1n) is 8.82. The van der Waals surface area contributed by atoms with Gasteiger partial charge in [0.25, 0.3) is 0 Å². The predicted octanol–water partition coefficient (Wildman–Crippen LogP) is 4.39. The van der Waals surface area contributed by atoms with Crippen molar-refractivity contribution < 1.29 is 5.11 Å². The summed E-state index contributed by atoms with van der Waals surface area (Å²) in [6.45, 7) is 11.0. The standard InChI is InChI=1S/C20H26N2O/c1-4-13-11-22-9-8-14-19-16(6-5-7-18(19)23)21-20(14)17(22)10-15(13)12(2)3/h5-7,13,15,17,21,23H,2,4,8-11H2,1,3H3/t13-,15-,17+/m1/s1. The molecule has 2 aliphatic heterocycles. The second kappa shape index (κ2) is 5.41. The number of phenols is 1. The molecule has 2 aromatic rings. The summed E-state index contributed by atoms with van der Waals surface area (Å²) in [5.74, 6) is 1.74. The summed E-state index contributed by atoms with van der Waals surface area (Å²) in [4.78, 5) is 6.26. The monoisotopic (exact) mass is 310 g/mol. The van der Waals surface area contributed by atoms with Gasteiger partial charge in [-0.1, -0.05) is 31.6 Å². The van der Waals surface area contributed by atoms with Crippen molar-refractivity contribution in [1.82, 2.24) is 9.88 Å². The maximum atomic E-state index is 10.3. The number of nitrogens with one attached hydrogen (secondary N) is 1. The molecule has 0 bridgehead atoms. The zero-order chi connectivity index (χ0) is 16.1. The lowest BCUT2D eigenvalue weighted by Crippen LogP contribution is -2.46. The molecule has 2 N–H and O–H groups in total. The number of aromatic amines is 1. The van der Waals surface area contributed by atoms with Crippen molar-refractivity contribution >= 4 is 10.9 Å². The van der Waals surface area contributed by atoms with E-state index in [2.05, 4.69) is 36.4 Å². The normalized spacial score (nSPS) is 27.7. The second-order valence-corrected chi connectivity index (χ2v) is 7.33. The fraction of sp³-hybridized carbons (Fsp3) is 0.500. The number of rotatable bonds is 2. The molecule has 4 rings (SSSR count). The Morgan fingerprint density at radius 2 is 2.26 bits per heavy atom. The van der Waals surface area contributed by atoms with E-state index in [1.165, 1.54) is 29.8 Å². The third-order valence-corrected chi connectivity index (χ3v) is 6.03. The zero-order valence-electron chi connectivity index (χ0n) is 14.1. The minimum atomic E-state index is 0.409. The SMILES string of the molecule is C=C(C)[C@H]1C[C@H]2c3[nH]c4cccc(O)c4c3CCN2C[C@H]1CC. The lowest BCUT2D eigenvalue weighted by molar-refractivity contribution is 0.0639. The van der Waals surface area contributed by atoms with Gasteiger partial charge in [0.2, 0.25) is 0 Å². The molecule has 23 heavy (non-hydrogen) atoms. The van der Waals surface area contributed by atoms with Crippen LogP contribution in [0.25, 0.3) is 10.9 Å². The topological polar surface area (TPSA) is 39.3 Å². The predicted molar refractivity (Wildman–Crippen MR) is 94.7 cm³/mol. The Kier molecular flexibility index (Phi) is 3.49. The summed E-state index contributed by atoms with van der Waals surface area (Å²) in [7, 11) is 0. The molecular weight excluding hydrogens is 284 g/mol. The van der Waals surface area contributed by atoms with Gasteiger partial charge in [-0.25, -0.2) is 0 Å². The molecule has 1 saturated heterocycles. The van der Waals surface area contributed by atoms with E-state index in [0.29, 0.717) is 17.7 Å². The van der Waals surface area contributed by atoms with Gasteiger partial charge in [0.05, 0.1) is 6.04 Å². The van der Waals surface area contributed by atoms with Crippen LogP contribution in [0, 0.1) is 11.8 Å². The third-order valence-electron chi connectivity index (χ3n) is 6.03. The fourth-order valence-corrected chi connectivity index (χ4v) is 4.82. The van der Waals surface area contributed by atoms with Crippen LogP contribution in [0.15, 0.2) is 30.4 Å². The van der Waals surface area contributed by atoms with Crippen molar-refractivity contribution in [3.05, 3.63) is 41.6 Å². The molecule has 3 heterocycles. The van der Waals surface area contributed by atoms with Crippen LogP contribution >= 0.6 is 0 Å². The maximum absolute atomic E-state index is 10.3. The summed E-state index contributed by atoms with van der Waals surface area (Å²) in [6, 6.07) is 6.23. The molecule has 1 fully saturated rings. The van der Waals surface area contributed by atoms with Gasteiger partial charge in [0.1, 0.15) is 5.75 Å². The zero-order valence-corrected chi connectivity index (χ0v) is 14.1. The number of hydrogen-bond acceptors (Lipinski definition) is 2. The smallest absolute Gasteiger partial charge is 0.125 e. The third kappa shape index (κ3) is 2.21. The number of aromatic hydroxyl groups is 1. The van der Waals surface area contributed by atoms with Crippen molar-refractivity contribution in [2.75, 3.05) is 13.1 Å². The van der Waals surface area contributed by atoms with E-state index in [9.17, 15) is 5.11 Å². The Labute approximate surface area is 138 Å². The Morgan fingerprint density at radius 3 is 3.00 bits per heavy atom. The van der Waals surface area contributed by atoms with Crippen LogP contribution in [0.2, 0.25) is 0 Å². The summed E-state index contributed by atoms with van der Waals surface area (Å²) < 4.78 is 0.